The van der Waals surface area contributed by atoms with Crippen molar-refractivity contribution in [3.63, 3.8) is 0 Å². The predicted molar refractivity (Wildman–Crippen MR) is 71.2 cm³/mol. The summed E-state index contributed by atoms with van der Waals surface area (Å²) in [7, 11) is 0. The average molecular weight is 270 g/mol. The molecule has 0 aromatic heterocycles. The second kappa shape index (κ2) is 6.58. The highest BCUT2D eigenvalue weighted by molar-refractivity contribution is 7.81. The number of Topliss-reactive ketones (excluding diaryl/α,β-unsaturated/α-hetero) is 1. The van der Waals surface area contributed by atoms with E-state index in [0.717, 1.165) is 0 Å². The van der Waals surface area contributed by atoms with Crippen molar-refractivity contribution in [3.8, 4) is 0 Å². The number of nitrogens with one attached hydrogen (secondary N) is 1. The van der Waals surface area contributed by atoms with Crippen molar-refractivity contribution in [3.05, 3.63) is 12.3 Å². The van der Waals surface area contributed by atoms with Crippen LogP contribution in [0.5, 0.6) is 0 Å². The third kappa shape index (κ3) is 4.18. The fraction of sp³-hybridized carbons (Fsp3) is 0.583. The molecule has 0 spiro atoms. The van der Waals surface area contributed by atoms with Crippen LogP contribution in [0.2, 0.25) is 0 Å². The van der Waals surface area contributed by atoms with Crippen molar-refractivity contribution >= 4 is 30.2 Å². The first-order valence-corrected chi connectivity index (χ1v) is 6.37. The highest BCUT2D eigenvalue weighted by atomic mass is 32.1. The maximum atomic E-state index is 11.6. The van der Waals surface area contributed by atoms with E-state index in [1.807, 2.05) is 0 Å². The summed E-state index contributed by atoms with van der Waals surface area (Å²) in [5.41, 5.74) is 0.653. The van der Waals surface area contributed by atoms with Crippen molar-refractivity contribution < 1.29 is 14.4 Å². The molecule has 5 nitrogen and oxygen atoms in total. The monoisotopic (exact) mass is 270 g/mol. The molecule has 1 fully saturated rings. The molecule has 1 heterocycles. The normalized spacial score (nSPS) is 19.2. The van der Waals surface area contributed by atoms with Gasteiger partial charge in [0.05, 0.1) is 5.25 Å². The van der Waals surface area contributed by atoms with Crippen LogP contribution in [0, 0.1) is 0 Å². The number of carbonyl (C=O) groups is 3. The van der Waals surface area contributed by atoms with Crippen LogP contribution < -0.4 is 5.32 Å². The van der Waals surface area contributed by atoms with Crippen LogP contribution >= 0.6 is 12.6 Å². The molecule has 6 heteroatoms. The highest BCUT2D eigenvalue weighted by Crippen LogP contribution is 2.25. The number of hydrogen-bond donors (Lipinski definition) is 2. The van der Waals surface area contributed by atoms with Crippen LogP contribution in [-0.2, 0) is 14.4 Å². The lowest BCUT2D eigenvalue weighted by molar-refractivity contribution is -0.127. The van der Waals surface area contributed by atoms with Crippen molar-refractivity contribution in [1.82, 2.24) is 10.2 Å². The molecule has 1 atom stereocenters. The van der Waals surface area contributed by atoms with Crippen LogP contribution in [0.15, 0.2) is 12.3 Å². The Balaban J connectivity index is 2.28. The fourth-order valence-corrected chi connectivity index (χ4v) is 1.98. The zero-order valence-corrected chi connectivity index (χ0v) is 11.3. The highest BCUT2D eigenvalue weighted by Gasteiger charge is 2.31. The van der Waals surface area contributed by atoms with Gasteiger partial charge < -0.3 is 10.2 Å². The molecule has 2 amide bonds. The molecule has 1 aliphatic heterocycles. The van der Waals surface area contributed by atoms with Crippen LogP contribution in [0.3, 0.4) is 0 Å². The Morgan fingerprint density at radius 3 is 2.67 bits per heavy atom. The number of hydrogen-bond acceptors (Lipinski definition) is 4. The largest absolute Gasteiger partial charge is 0.356 e. The molecule has 0 aromatic carbocycles. The Morgan fingerprint density at radius 1 is 1.50 bits per heavy atom. The lowest BCUT2D eigenvalue weighted by atomic mass is 10.3. The van der Waals surface area contributed by atoms with Crippen molar-refractivity contribution in [2.75, 3.05) is 13.1 Å². The van der Waals surface area contributed by atoms with Gasteiger partial charge in [0.1, 0.15) is 5.78 Å². The molecule has 0 aromatic rings. The van der Waals surface area contributed by atoms with E-state index in [9.17, 15) is 14.4 Å². The Labute approximate surface area is 112 Å². The first kappa shape index (κ1) is 14.8. The number of ketones is 1. The van der Waals surface area contributed by atoms with Crippen LogP contribution in [-0.4, -0.2) is 40.8 Å². The second-order valence-electron chi connectivity index (χ2n) is 4.31. The SMILES string of the molecule is C=C1C(S)CC(=O)N1CCC(=O)NCCC(C)=O. The van der Waals surface area contributed by atoms with E-state index in [2.05, 4.69) is 24.5 Å². The van der Waals surface area contributed by atoms with Gasteiger partial charge in [-0.1, -0.05) is 6.58 Å². The molecule has 1 N–H and O–H groups in total. The van der Waals surface area contributed by atoms with Gasteiger partial charge in [-0.05, 0) is 6.92 Å². The fourth-order valence-electron chi connectivity index (χ4n) is 1.68. The second-order valence-corrected chi connectivity index (χ2v) is 4.93. The molecular formula is C12H18N2O3S. The molecular weight excluding hydrogens is 252 g/mol. The van der Waals surface area contributed by atoms with E-state index >= 15 is 0 Å². The summed E-state index contributed by atoms with van der Waals surface area (Å²) >= 11 is 4.23. The maximum absolute atomic E-state index is 11.6. The molecule has 1 aliphatic rings. The number of thiol groups is 1. The first-order chi connectivity index (χ1) is 8.41. The standard InChI is InChI=1S/C12H18N2O3S/c1-8(15)3-5-13-11(16)4-6-14-9(2)10(18)7-12(14)17/h10,18H,2-7H2,1H3,(H,13,16). The molecule has 1 rings (SSSR count). The molecule has 100 valence electrons. The average Bonchev–Trinajstić information content (AvgIpc) is 2.50. The lowest BCUT2D eigenvalue weighted by Gasteiger charge is -2.17. The Kier molecular flexibility index (Phi) is 5.40. The summed E-state index contributed by atoms with van der Waals surface area (Å²) in [4.78, 5) is 35.2. The number of nitrogens with zero attached hydrogens (tertiary/aromatic N) is 1. The van der Waals surface area contributed by atoms with E-state index in [1.54, 1.807) is 0 Å². The molecule has 0 bridgehead atoms. The summed E-state index contributed by atoms with van der Waals surface area (Å²) in [5, 5.41) is 2.49. The van der Waals surface area contributed by atoms with Crippen molar-refractivity contribution in [2.45, 2.75) is 31.4 Å². The van der Waals surface area contributed by atoms with E-state index in [0.29, 0.717) is 31.6 Å². The molecule has 0 saturated carbocycles. The Hall–Kier alpha value is -1.30. The minimum atomic E-state index is -0.167. The topological polar surface area (TPSA) is 66.5 Å². The summed E-state index contributed by atoms with van der Waals surface area (Å²) in [6, 6.07) is 0. The number of carbonyl (C=O) groups excluding carboxylic acids is 3. The lowest BCUT2D eigenvalue weighted by Crippen LogP contribution is -2.31. The third-order valence-corrected chi connectivity index (χ3v) is 3.24. The van der Waals surface area contributed by atoms with Crippen molar-refractivity contribution in [2.24, 2.45) is 0 Å². The van der Waals surface area contributed by atoms with Crippen LogP contribution in [0.4, 0.5) is 0 Å². The Morgan fingerprint density at radius 2 is 2.17 bits per heavy atom. The van der Waals surface area contributed by atoms with Gasteiger partial charge in [-0.2, -0.15) is 12.6 Å². The van der Waals surface area contributed by atoms with Crippen LogP contribution in [0.1, 0.15) is 26.2 Å². The predicted octanol–water partition coefficient (Wildman–Crippen LogP) is 0.516. The van der Waals surface area contributed by atoms with Gasteiger partial charge in [0, 0.05) is 38.0 Å². The smallest absolute Gasteiger partial charge is 0.228 e. The minimum Gasteiger partial charge on any atom is -0.356 e. The number of amides is 2. The van der Waals surface area contributed by atoms with Gasteiger partial charge in [0.25, 0.3) is 0 Å². The molecule has 1 saturated heterocycles. The quantitative estimate of drug-likeness (QED) is 0.691. The molecule has 0 radical (unpaired) electrons. The van der Waals surface area contributed by atoms with Gasteiger partial charge in [-0.3, -0.25) is 14.4 Å². The van der Waals surface area contributed by atoms with Gasteiger partial charge >= 0.3 is 0 Å². The van der Waals surface area contributed by atoms with Gasteiger partial charge in [0.2, 0.25) is 11.8 Å². The summed E-state index contributed by atoms with van der Waals surface area (Å²) in [6.45, 7) is 5.93. The minimum absolute atomic E-state index is 0.0383. The first-order valence-electron chi connectivity index (χ1n) is 5.85. The maximum Gasteiger partial charge on any atom is 0.228 e. The molecule has 1 unspecified atom stereocenters. The van der Waals surface area contributed by atoms with E-state index in [-0.39, 0.29) is 29.3 Å². The molecule has 0 aliphatic carbocycles. The van der Waals surface area contributed by atoms with Gasteiger partial charge in [0.15, 0.2) is 0 Å². The van der Waals surface area contributed by atoms with E-state index in [1.165, 1.54) is 11.8 Å². The summed E-state index contributed by atoms with van der Waals surface area (Å²) in [5.74, 6) is -0.174. The van der Waals surface area contributed by atoms with Crippen LogP contribution in [0.25, 0.3) is 0 Å². The Bertz CT molecular complexity index is 382. The van der Waals surface area contributed by atoms with E-state index in [4.69, 9.17) is 0 Å². The van der Waals surface area contributed by atoms with Gasteiger partial charge in [-0.25, -0.2) is 0 Å². The summed E-state index contributed by atoms with van der Waals surface area (Å²) < 4.78 is 0. The molecule has 18 heavy (non-hydrogen) atoms. The van der Waals surface area contributed by atoms with Gasteiger partial charge in [-0.15, -0.1) is 0 Å². The number of likely N-dealkylation sites (tertiary alicyclic amines) is 1. The third-order valence-electron chi connectivity index (χ3n) is 2.76. The number of rotatable bonds is 6. The summed E-state index contributed by atoms with van der Waals surface area (Å²) in [6.07, 6.45) is 0.886. The van der Waals surface area contributed by atoms with Crippen molar-refractivity contribution in [1.29, 1.82) is 0 Å². The zero-order valence-electron chi connectivity index (χ0n) is 10.4. The zero-order chi connectivity index (χ0) is 13.7. The van der Waals surface area contributed by atoms with E-state index < -0.39 is 0 Å².